The standard InChI is InChI=1S/C27H28N2O6/c1-5-14-35-21-12-11-18(16-17(21)3)23(30)22-24(31)25(32)29(13-15-34-4)27(22)19-9-7-8-10-20(19)28(6-2)26(27)33/h5,7-12,16,30H,1,6,13-15H2,2-4H3/t27-/m0/s1. The highest BCUT2D eigenvalue weighted by Crippen LogP contribution is 2.53. The zero-order valence-corrected chi connectivity index (χ0v) is 20.0. The molecule has 2 aromatic carbocycles. The van der Waals surface area contributed by atoms with Gasteiger partial charge >= 0.3 is 0 Å². The van der Waals surface area contributed by atoms with Gasteiger partial charge in [0.05, 0.1) is 17.9 Å². The molecule has 8 nitrogen and oxygen atoms in total. The number of aryl methyl sites for hydroxylation is 1. The fourth-order valence-corrected chi connectivity index (χ4v) is 4.91. The van der Waals surface area contributed by atoms with Gasteiger partial charge in [-0.2, -0.15) is 0 Å². The first kappa shape index (κ1) is 24.2. The monoisotopic (exact) mass is 476 g/mol. The van der Waals surface area contributed by atoms with E-state index in [1.165, 1.54) is 16.9 Å². The van der Waals surface area contributed by atoms with Crippen LogP contribution in [0.1, 0.15) is 23.6 Å². The molecule has 0 radical (unpaired) electrons. The van der Waals surface area contributed by atoms with E-state index >= 15 is 0 Å². The highest BCUT2D eigenvalue weighted by atomic mass is 16.5. The predicted octanol–water partition coefficient (Wildman–Crippen LogP) is 3.15. The van der Waals surface area contributed by atoms with E-state index in [9.17, 15) is 19.5 Å². The van der Waals surface area contributed by atoms with Gasteiger partial charge in [-0.3, -0.25) is 14.4 Å². The first-order valence-corrected chi connectivity index (χ1v) is 11.4. The van der Waals surface area contributed by atoms with Crippen LogP contribution in [0.2, 0.25) is 0 Å². The van der Waals surface area contributed by atoms with E-state index in [1.54, 1.807) is 55.5 Å². The molecule has 8 heteroatoms. The number of para-hydroxylation sites is 1. The van der Waals surface area contributed by atoms with Crippen molar-refractivity contribution in [3.05, 3.63) is 77.4 Å². The lowest BCUT2D eigenvalue weighted by Crippen LogP contribution is -2.52. The zero-order chi connectivity index (χ0) is 25.3. The lowest BCUT2D eigenvalue weighted by Gasteiger charge is -2.34. The number of hydrogen-bond acceptors (Lipinski definition) is 6. The maximum absolute atomic E-state index is 14.0. The minimum absolute atomic E-state index is 0.00282. The van der Waals surface area contributed by atoms with Crippen LogP contribution in [0.5, 0.6) is 5.75 Å². The first-order chi connectivity index (χ1) is 16.8. The second-order valence-electron chi connectivity index (χ2n) is 8.36. The maximum atomic E-state index is 14.0. The van der Waals surface area contributed by atoms with Gasteiger partial charge in [-0.15, -0.1) is 0 Å². The molecule has 0 aliphatic carbocycles. The number of hydrogen-bond donors (Lipinski definition) is 1. The Bertz CT molecular complexity index is 1250. The summed E-state index contributed by atoms with van der Waals surface area (Å²) in [6, 6.07) is 12.0. The number of aliphatic hydroxyl groups excluding tert-OH is 1. The molecular weight excluding hydrogens is 448 g/mol. The number of carbonyl (C=O) groups is 3. The summed E-state index contributed by atoms with van der Waals surface area (Å²) in [5.41, 5.74) is 0.0664. The molecule has 4 rings (SSSR count). The van der Waals surface area contributed by atoms with Crippen LogP contribution < -0.4 is 9.64 Å². The van der Waals surface area contributed by atoms with Gasteiger partial charge in [0.25, 0.3) is 17.6 Å². The fourth-order valence-electron chi connectivity index (χ4n) is 4.91. The van der Waals surface area contributed by atoms with Crippen molar-refractivity contribution >= 4 is 29.0 Å². The average Bonchev–Trinajstić information content (AvgIpc) is 3.24. The number of fused-ring (bicyclic) bond motifs is 2. The van der Waals surface area contributed by atoms with Crippen molar-refractivity contribution in [3.63, 3.8) is 0 Å². The van der Waals surface area contributed by atoms with Gasteiger partial charge < -0.3 is 24.4 Å². The Labute approximate surface area is 204 Å². The van der Waals surface area contributed by atoms with Crippen LogP contribution in [-0.4, -0.2) is 61.0 Å². The van der Waals surface area contributed by atoms with Crippen molar-refractivity contribution in [1.82, 2.24) is 4.90 Å². The molecule has 1 saturated heterocycles. The Balaban J connectivity index is 1.98. The van der Waals surface area contributed by atoms with Gasteiger partial charge in [0.2, 0.25) is 0 Å². The number of ketones is 1. The molecule has 0 aromatic heterocycles. The molecule has 2 aliphatic rings. The lowest BCUT2D eigenvalue weighted by molar-refractivity contribution is -0.144. The van der Waals surface area contributed by atoms with Gasteiger partial charge in [-0.25, -0.2) is 0 Å². The quantitative estimate of drug-likeness (QED) is 0.272. The molecule has 1 fully saturated rings. The number of rotatable bonds is 8. The third-order valence-corrected chi connectivity index (χ3v) is 6.45. The molecule has 2 aliphatic heterocycles. The van der Waals surface area contributed by atoms with E-state index in [4.69, 9.17) is 9.47 Å². The summed E-state index contributed by atoms with van der Waals surface area (Å²) >= 11 is 0. The first-order valence-electron chi connectivity index (χ1n) is 11.4. The highest BCUT2D eigenvalue weighted by Gasteiger charge is 2.66. The Hall–Kier alpha value is -3.91. The summed E-state index contributed by atoms with van der Waals surface area (Å²) in [5, 5.41) is 11.5. The molecule has 1 spiro atoms. The van der Waals surface area contributed by atoms with Crippen molar-refractivity contribution in [2.24, 2.45) is 0 Å². The molecular formula is C27H28N2O6. The summed E-state index contributed by atoms with van der Waals surface area (Å²) in [4.78, 5) is 43.5. The molecule has 0 unspecified atom stereocenters. The number of methoxy groups -OCH3 is 1. The van der Waals surface area contributed by atoms with E-state index in [2.05, 4.69) is 6.58 Å². The molecule has 2 aromatic rings. The Kier molecular flexibility index (Phi) is 6.49. The molecule has 2 heterocycles. The number of anilines is 1. The fraction of sp³-hybridized carbons (Fsp3) is 0.296. The van der Waals surface area contributed by atoms with Crippen LogP contribution in [0.3, 0.4) is 0 Å². The van der Waals surface area contributed by atoms with E-state index in [-0.39, 0.29) is 18.7 Å². The Morgan fingerprint density at radius 1 is 1.17 bits per heavy atom. The van der Waals surface area contributed by atoms with Gasteiger partial charge in [0.1, 0.15) is 18.1 Å². The van der Waals surface area contributed by atoms with Crippen LogP contribution in [-0.2, 0) is 24.7 Å². The molecule has 2 amide bonds. The van der Waals surface area contributed by atoms with Crippen molar-refractivity contribution in [2.45, 2.75) is 19.4 Å². The third kappa shape index (κ3) is 3.52. The zero-order valence-electron chi connectivity index (χ0n) is 20.0. The number of aliphatic hydroxyl groups is 1. The highest BCUT2D eigenvalue weighted by molar-refractivity contribution is 6.50. The minimum Gasteiger partial charge on any atom is -0.507 e. The average molecular weight is 477 g/mol. The second-order valence-corrected chi connectivity index (χ2v) is 8.36. The Morgan fingerprint density at radius 3 is 2.57 bits per heavy atom. The van der Waals surface area contributed by atoms with Crippen LogP contribution >= 0.6 is 0 Å². The number of likely N-dealkylation sites (tertiary alicyclic amines) is 1. The van der Waals surface area contributed by atoms with Gasteiger partial charge in [0.15, 0.2) is 5.54 Å². The number of carbonyl (C=O) groups excluding carboxylic acids is 3. The number of nitrogens with zero attached hydrogens (tertiary/aromatic N) is 2. The summed E-state index contributed by atoms with van der Waals surface area (Å²) in [6.45, 7) is 8.03. The van der Waals surface area contributed by atoms with Gasteiger partial charge in [0, 0.05) is 31.3 Å². The normalized spacial score (nSPS) is 20.6. The number of ether oxygens (including phenoxy) is 2. The van der Waals surface area contributed by atoms with E-state index in [1.807, 2.05) is 6.92 Å². The summed E-state index contributed by atoms with van der Waals surface area (Å²) in [6.07, 6.45) is 1.62. The molecule has 1 N–H and O–H groups in total. The largest absolute Gasteiger partial charge is 0.507 e. The number of amides is 2. The van der Waals surface area contributed by atoms with Crippen molar-refractivity contribution < 1.29 is 29.0 Å². The van der Waals surface area contributed by atoms with Crippen molar-refractivity contribution in [1.29, 1.82) is 0 Å². The topological polar surface area (TPSA) is 96.4 Å². The third-order valence-electron chi connectivity index (χ3n) is 6.45. The molecule has 35 heavy (non-hydrogen) atoms. The van der Waals surface area contributed by atoms with E-state index in [0.29, 0.717) is 41.3 Å². The second kappa shape index (κ2) is 9.38. The number of benzene rings is 2. The molecule has 0 saturated carbocycles. The summed E-state index contributed by atoms with van der Waals surface area (Å²) in [7, 11) is 1.48. The Morgan fingerprint density at radius 2 is 1.91 bits per heavy atom. The summed E-state index contributed by atoms with van der Waals surface area (Å²) < 4.78 is 10.8. The van der Waals surface area contributed by atoms with Gasteiger partial charge in [-0.1, -0.05) is 30.9 Å². The van der Waals surface area contributed by atoms with Crippen LogP contribution in [0, 0.1) is 6.92 Å². The van der Waals surface area contributed by atoms with Gasteiger partial charge in [-0.05, 0) is 43.7 Å². The van der Waals surface area contributed by atoms with Crippen molar-refractivity contribution in [2.75, 3.05) is 38.3 Å². The SMILES string of the molecule is C=CCOc1ccc(C(O)=C2C(=O)C(=O)N(CCOC)[C@]23C(=O)N(CC)c2ccccc23)cc1C. The minimum atomic E-state index is -1.78. The van der Waals surface area contributed by atoms with E-state index < -0.39 is 28.9 Å². The van der Waals surface area contributed by atoms with Crippen molar-refractivity contribution in [3.8, 4) is 5.75 Å². The number of Topliss-reactive ketones (excluding diaryl/α,β-unsaturated/α-hetero) is 1. The van der Waals surface area contributed by atoms with Crippen LogP contribution in [0.15, 0.2) is 60.7 Å². The molecule has 1 atom stereocenters. The van der Waals surface area contributed by atoms with Crippen LogP contribution in [0.25, 0.3) is 5.76 Å². The summed E-state index contributed by atoms with van der Waals surface area (Å²) in [5.74, 6) is -2.05. The predicted molar refractivity (Wildman–Crippen MR) is 131 cm³/mol. The number of likely N-dealkylation sites (N-methyl/N-ethyl adjacent to an activating group) is 1. The maximum Gasteiger partial charge on any atom is 0.296 e. The molecule has 0 bridgehead atoms. The molecule has 182 valence electrons. The lowest BCUT2D eigenvalue weighted by atomic mass is 9.82. The van der Waals surface area contributed by atoms with E-state index in [0.717, 1.165) is 0 Å². The smallest absolute Gasteiger partial charge is 0.296 e. The van der Waals surface area contributed by atoms with Crippen LogP contribution in [0.4, 0.5) is 5.69 Å².